The molecule has 6 rings (SSSR count). The summed E-state index contributed by atoms with van der Waals surface area (Å²) >= 11 is 0. The van der Waals surface area contributed by atoms with Crippen LogP contribution in [0.15, 0.2) is 0 Å². The van der Waals surface area contributed by atoms with Crippen molar-refractivity contribution in [2.24, 2.45) is 28.6 Å². The van der Waals surface area contributed by atoms with Gasteiger partial charge in [0.05, 0.1) is 6.10 Å². The number of hydrogen-bond acceptors (Lipinski definition) is 3. The van der Waals surface area contributed by atoms with Crippen LogP contribution in [0.1, 0.15) is 84.5 Å². The Bertz CT molecular complexity index is 657. The lowest BCUT2D eigenvalue weighted by atomic mass is 9.44. The number of likely N-dealkylation sites (tertiary alicyclic amines) is 1. The number of ether oxygens (including phenoxy) is 1. The normalized spacial score (nSPS) is 57.4. The van der Waals surface area contributed by atoms with Crippen molar-refractivity contribution in [1.82, 2.24) is 4.90 Å². The van der Waals surface area contributed by atoms with Crippen molar-refractivity contribution in [1.29, 1.82) is 0 Å². The van der Waals surface area contributed by atoms with E-state index in [2.05, 4.69) is 18.7 Å². The van der Waals surface area contributed by atoms with Crippen LogP contribution in [-0.4, -0.2) is 41.5 Å². The van der Waals surface area contributed by atoms with E-state index in [1.807, 2.05) is 0 Å². The maximum Gasteiger partial charge on any atom is 0.139 e. The predicted molar refractivity (Wildman–Crippen MR) is 105 cm³/mol. The van der Waals surface area contributed by atoms with Crippen LogP contribution in [0.4, 0.5) is 0 Å². The molecule has 3 unspecified atom stereocenters. The van der Waals surface area contributed by atoms with Crippen LogP contribution in [0.3, 0.4) is 0 Å². The number of ketones is 1. The second-order valence-corrected chi connectivity index (χ2v) is 11.3. The van der Waals surface area contributed by atoms with Gasteiger partial charge in [-0.25, -0.2) is 0 Å². The Labute approximate surface area is 164 Å². The first-order valence-electron chi connectivity index (χ1n) is 12.0. The van der Waals surface area contributed by atoms with Gasteiger partial charge in [-0.15, -0.1) is 0 Å². The molecule has 8 atom stereocenters. The molecule has 0 radical (unpaired) electrons. The third kappa shape index (κ3) is 2.04. The number of Topliss-reactive ketones (excluding diaryl/α,β-unsaturated/α-hetero) is 1. The van der Waals surface area contributed by atoms with Gasteiger partial charge in [0.15, 0.2) is 0 Å². The van der Waals surface area contributed by atoms with Gasteiger partial charge >= 0.3 is 0 Å². The summed E-state index contributed by atoms with van der Waals surface area (Å²) in [5.74, 6) is 2.70. The zero-order valence-electron chi connectivity index (χ0n) is 17.3. The summed E-state index contributed by atoms with van der Waals surface area (Å²) in [7, 11) is 0. The van der Waals surface area contributed by atoms with Gasteiger partial charge in [-0.1, -0.05) is 20.3 Å². The minimum atomic E-state index is -0.0122. The molecular formula is C24H37NO2. The van der Waals surface area contributed by atoms with Crippen LogP contribution in [0.2, 0.25) is 0 Å². The number of fused-ring (bicyclic) bond motifs is 4. The fourth-order valence-corrected chi connectivity index (χ4v) is 9.29. The Kier molecular flexibility index (Phi) is 3.62. The molecule has 2 heterocycles. The van der Waals surface area contributed by atoms with Crippen molar-refractivity contribution in [2.75, 3.05) is 13.1 Å². The molecule has 3 heteroatoms. The van der Waals surface area contributed by atoms with Crippen molar-refractivity contribution in [3.8, 4) is 0 Å². The molecule has 27 heavy (non-hydrogen) atoms. The third-order valence-corrected chi connectivity index (χ3v) is 10.7. The zero-order chi connectivity index (χ0) is 18.4. The van der Waals surface area contributed by atoms with Gasteiger partial charge in [-0.3, -0.25) is 9.69 Å². The molecule has 0 aromatic heterocycles. The predicted octanol–water partition coefficient (Wildman–Crippen LogP) is 4.58. The number of hydrogen-bond donors (Lipinski definition) is 0. The van der Waals surface area contributed by atoms with Crippen LogP contribution >= 0.6 is 0 Å². The van der Waals surface area contributed by atoms with E-state index in [9.17, 15) is 4.79 Å². The molecule has 6 aliphatic rings. The van der Waals surface area contributed by atoms with Crippen LogP contribution in [-0.2, 0) is 9.53 Å². The van der Waals surface area contributed by atoms with Crippen LogP contribution < -0.4 is 0 Å². The highest BCUT2D eigenvalue weighted by Crippen LogP contribution is 2.73. The van der Waals surface area contributed by atoms with Crippen molar-refractivity contribution < 1.29 is 9.53 Å². The Morgan fingerprint density at radius 1 is 0.963 bits per heavy atom. The van der Waals surface area contributed by atoms with E-state index in [0.29, 0.717) is 29.3 Å². The van der Waals surface area contributed by atoms with E-state index in [1.54, 1.807) is 0 Å². The Morgan fingerprint density at radius 2 is 1.78 bits per heavy atom. The molecule has 4 saturated carbocycles. The van der Waals surface area contributed by atoms with E-state index in [4.69, 9.17) is 4.74 Å². The Balaban J connectivity index is 1.39. The molecule has 0 bridgehead atoms. The molecule has 2 aliphatic heterocycles. The van der Waals surface area contributed by atoms with Gasteiger partial charge < -0.3 is 4.74 Å². The minimum absolute atomic E-state index is 0.0122. The van der Waals surface area contributed by atoms with E-state index in [0.717, 1.165) is 31.1 Å². The van der Waals surface area contributed by atoms with Crippen molar-refractivity contribution >= 4 is 5.78 Å². The lowest BCUT2D eigenvalue weighted by molar-refractivity contribution is -0.146. The van der Waals surface area contributed by atoms with E-state index >= 15 is 0 Å². The second kappa shape index (κ2) is 5.59. The summed E-state index contributed by atoms with van der Waals surface area (Å²) in [5, 5.41) is 0. The van der Waals surface area contributed by atoms with Gasteiger partial charge in [0.1, 0.15) is 11.4 Å². The fourth-order valence-electron chi connectivity index (χ4n) is 9.29. The first-order chi connectivity index (χ1) is 13.0. The van der Waals surface area contributed by atoms with Crippen molar-refractivity contribution in [2.45, 2.75) is 102 Å². The molecule has 150 valence electrons. The molecule has 4 aliphatic carbocycles. The number of piperidine rings is 1. The summed E-state index contributed by atoms with van der Waals surface area (Å²) in [6, 6.07) is 0.714. The minimum Gasteiger partial charge on any atom is -0.365 e. The van der Waals surface area contributed by atoms with Gasteiger partial charge in [0, 0.05) is 23.3 Å². The summed E-state index contributed by atoms with van der Waals surface area (Å²) in [6.45, 7) is 7.56. The fraction of sp³-hybridized carbons (Fsp3) is 0.958. The Hall–Kier alpha value is -0.410. The molecule has 0 aromatic carbocycles. The van der Waals surface area contributed by atoms with E-state index in [-0.39, 0.29) is 11.0 Å². The molecule has 0 N–H and O–H groups in total. The summed E-state index contributed by atoms with van der Waals surface area (Å²) < 4.78 is 6.68. The first kappa shape index (κ1) is 17.4. The maximum absolute atomic E-state index is 12.7. The number of epoxide rings is 1. The lowest BCUT2D eigenvalue weighted by Crippen LogP contribution is -2.66. The molecule has 6 fully saturated rings. The largest absolute Gasteiger partial charge is 0.365 e. The molecule has 0 amide bonds. The van der Waals surface area contributed by atoms with Crippen molar-refractivity contribution in [3.05, 3.63) is 0 Å². The summed E-state index contributed by atoms with van der Waals surface area (Å²) in [5.41, 5.74) is 0.482. The molecule has 2 saturated heterocycles. The number of rotatable bonds is 1. The highest BCUT2D eigenvalue weighted by molar-refractivity contribution is 5.87. The SMILES string of the molecule is C[C@]12CC[C@@H]3[C@@H](CC4OC45CCCC(N4CCCCC4)[C@]35C)[C@@H]1CCC2=O. The molecule has 1 spiro atoms. The topological polar surface area (TPSA) is 32.8 Å². The standard InChI is InChI=1S/C24H37NO2/c1-22-12-10-18-16(17(22)8-9-20(22)26)15-21-24(27-21)11-6-7-19(23(18,24)2)25-13-4-3-5-14-25/h16-19,21H,3-15H2,1-2H3/t16-,17-,18+,19?,21?,22-,23-,24?/m0/s1. The Morgan fingerprint density at radius 3 is 2.59 bits per heavy atom. The van der Waals surface area contributed by atoms with Crippen LogP contribution in [0.5, 0.6) is 0 Å². The summed E-state index contributed by atoms with van der Waals surface area (Å²) in [4.78, 5) is 15.6. The average molecular weight is 372 g/mol. The second-order valence-electron chi connectivity index (χ2n) is 11.3. The van der Waals surface area contributed by atoms with Gasteiger partial charge in [0.25, 0.3) is 0 Å². The quantitative estimate of drug-likeness (QED) is 0.632. The van der Waals surface area contributed by atoms with Gasteiger partial charge in [-0.05, 0) is 88.6 Å². The molecule has 3 nitrogen and oxygen atoms in total. The highest BCUT2D eigenvalue weighted by Gasteiger charge is 2.77. The summed E-state index contributed by atoms with van der Waals surface area (Å²) in [6.07, 6.45) is 14.3. The number of carbonyl (C=O) groups is 1. The smallest absolute Gasteiger partial charge is 0.139 e. The third-order valence-electron chi connectivity index (χ3n) is 10.7. The lowest BCUT2D eigenvalue weighted by Gasteiger charge is -2.62. The van der Waals surface area contributed by atoms with Crippen LogP contribution in [0, 0.1) is 28.6 Å². The van der Waals surface area contributed by atoms with Gasteiger partial charge in [0.2, 0.25) is 0 Å². The first-order valence-corrected chi connectivity index (χ1v) is 12.0. The highest BCUT2D eigenvalue weighted by atomic mass is 16.6. The average Bonchev–Trinajstić information content (AvgIpc) is 3.30. The monoisotopic (exact) mass is 371 g/mol. The van der Waals surface area contributed by atoms with E-state index in [1.165, 1.54) is 64.5 Å². The van der Waals surface area contributed by atoms with Crippen LogP contribution in [0.25, 0.3) is 0 Å². The number of carbonyl (C=O) groups excluding carboxylic acids is 1. The number of nitrogens with zero attached hydrogens (tertiary/aromatic N) is 1. The zero-order valence-corrected chi connectivity index (χ0v) is 17.3. The maximum atomic E-state index is 12.7. The van der Waals surface area contributed by atoms with Crippen molar-refractivity contribution in [3.63, 3.8) is 0 Å². The molecule has 0 aromatic rings. The van der Waals surface area contributed by atoms with E-state index < -0.39 is 0 Å². The van der Waals surface area contributed by atoms with Gasteiger partial charge in [-0.2, -0.15) is 0 Å². The molecular weight excluding hydrogens is 334 g/mol.